The van der Waals surface area contributed by atoms with Gasteiger partial charge in [-0.1, -0.05) is 96.6 Å². The Bertz CT molecular complexity index is 1070. The van der Waals surface area contributed by atoms with E-state index in [-0.39, 0.29) is 24.8 Å². The Hall–Kier alpha value is -3.48. The number of amides is 2. The topological polar surface area (TPSA) is 81.7 Å². The molecule has 2 unspecified atom stereocenters. The van der Waals surface area contributed by atoms with Crippen LogP contribution in [0.3, 0.4) is 0 Å². The van der Waals surface area contributed by atoms with E-state index in [1.54, 1.807) is 4.90 Å². The number of benzene rings is 3. The minimum atomic E-state index is -1.01. The van der Waals surface area contributed by atoms with E-state index in [2.05, 4.69) is 29.7 Å². The lowest BCUT2D eigenvalue weighted by molar-refractivity contribution is -0.134. The maximum Gasteiger partial charge on any atom is 0.244 e. The Labute approximate surface area is 208 Å². The predicted molar refractivity (Wildman–Crippen MR) is 138 cm³/mol. The molecular weight excluding hydrogens is 438 g/mol. The van der Waals surface area contributed by atoms with Gasteiger partial charge in [0.05, 0.1) is 18.2 Å². The lowest BCUT2D eigenvalue weighted by Gasteiger charge is -2.31. The van der Waals surface area contributed by atoms with Crippen molar-refractivity contribution in [1.82, 2.24) is 15.5 Å². The van der Waals surface area contributed by atoms with Gasteiger partial charge in [-0.3, -0.25) is 14.9 Å². The van der Waals surface area contributed by atoms with Gasteiger partial charge in [0.2, 0.25) is 11.8 Å². The van der Waals surface area contributed by atoms with Gasteiger partial charge in [-0.15, -0.1) is 0 Å². The summed E-state index contributed by atoms with van der Waals surface area (Å²) < 4.78 is 0. The second-order valence-corrected chi connectivity index (χ2v) is 9.28. The second kappa shape index (κ2) is 12.3. The molecule has 0 saturated carbocycles. The number of carbonyl (C=O) groups is 2. The van der Waals surface area contributed by atoms with Gasteiger partial charge < -0.3 is 15.3 Å². The molecule has 3 aromatic rings. The molecule has 1 aliphatic heterocycles. The Morgan fingerprint density at radius 3 is 1.97 bits per heavy atom. The monoisotopic (exact) mass is 473 g/mol. The fourth-order valence-corrected chi connectivity index (χ4v) is 3.98. The quantitative estimate of drug-likeness (QED) is 0.491. The fraction of sp³-hybridized carbons (Fsp3) is 0.310. The summed E-state index contributed by atoms with van der Waals surface area (Å²) in [5, 5.41) is 16.4. The predicted octanol–water partition coefficient (Wildman–Crippen LogP) is 3.44. The van der Waals surface area contributed by atoms with Gasteiger partial charge in [-0.2, -0.15) is 0 Å². The molecule has 2 amide bonds. The highest BCUT2D eigenvalue weighted by molar-refractivity contribution is 5.86. The molecule has 3 N–H and O–H groups in total. The number of rotatable bonds is 7. The molecule has 6 heteroatoms. The van der Waals surface area contributed by atoms with E-state index >= 15 is 0 Å². The highest BCUT2D eigenvalue weighted by Gasteiger charge is 2.46. The van der Waals surface area contributed by atoms with Crippen molar-refractivity contribution in [2.75, 3.05) is 6.54 Å². The minimum Gasteiger partial charge on any atom is -0.389 e. The number of aliphatic hydroxyl groups excluding tert-OH is 1. The van der Waals surface area contributed by atoms with Gasteiger partial charge in [-0.05, 0) is 31.9 Å². The Kier molecular flexibility index (Phi) is 9.18. The average molecular weight is 474 g/mol. The molecule has 6 nitrogen and oxygen atoms in total. The van der Waals surface area contributed by atoms with Crippen molar-refractivity contribution in [2.45, 2.75) is 51.5 Å². The highest BCUT2D eigenvalue weighted by atomic mass is 16.3. The Morgan fingerprint density at radius 1 is 0.943 bits per heavy atom. The van der Waals surface area contributed by atoms with Crippen molar-refractivity contribution >= 4 is 11.8 Å². The number of nitrogens with one attached hydrogen (secondary N) is 2. The first kappa shape index (κ1) is 26.1. The molecule has 1 saturated heterocycles. The van der Waals surface area contributed by atoms with Crippen LogP contribution in [0.4, 0.5) is 0 Å². The molecule has 4 rings (SSSR count). The largest absolute Gasteiger partial charge is 0.389 e. The normalized spacial score (nSPS) is 17.3. The van der Waals surface area contributed by atoms with E-state index in [0.29, 0.717) is 6.54 Å². The van der Waals surface area contributed by atoms with Crippen LogP contribution in [0, 0.1) is 6.92 Å². The van der Waals surface area contributed by atoms with Crippen LogP contribution in [0.15, 0.2) is 91.0 Å². The molecule has 0 radical (unpaired) electrons. The summed E-state index contributed by atoms with van der Waals surface area (Å²) in [5.41, 5.74) is 2.66. The van der Waals surface area contributed by atoms with Gasteiger partial charge in [0, 0.05) is 13.1 Å². The number of hydrogen-bond acceptors (Lipinski definition) is 4. The van der Waals surface area contributed by atoms with Crippen LogP contribution >= 0.6 is 0 Å². The number of carbonyl (C=O) groups excluding carboxylic acids is 2. The zero-order valence-electron chi connectivity index (χ0n) is 20.6. The van der Waals surface area contributed by atoms with Crippen molar-refractivity contribution in [3.05, 3.63) is 108 Å². The van der Waals surface area contributed by atoms with Crippen LogP contribution in [0.1, 0.15) is 30.5 Å². The molecule has 1 fully saturated rings. The maximum atomic E-state index is 12.9. The van der Waals surface area contributed by atoms with E-state index in [1.165, 1.54) is 5.56 Å². The lowest BCUT2D eigenvalue weighted by atomic mass is 10.1. The maximum absolute atomic E-state index is 12.9. The number of nitrogens with zero attached hydrogens (tertiary/aromatic N) is 1. The minimum absolute atomic E-state index is 0.0182. The summed E-state index contributed by atoms with van der Waals surface area (Å²) >= 11 is 0. The van der Waals surface area contributed by atoms with Crippen molar-refractivity contribution in [2.24, 2.45) is 0 Å². The first-order valence-electron chi connectivity index (χ1n) is 11.9. The second-order valence-electron chi connectivity index (χ2n) is 9.28. The third-order valence-electron chi connectivity index (χ3n) is 5.94. The summed E-state index contributed by atoms with van der Waals surface area (Å²) in [4.78, 5) is 26.7. The van der Waals surface area contributed by atoms with Gasteiger partial charge >= 0.3 is 0 Å². The van der Waals surface area contributed by atoms with E-state index in [0.717, 1.165) is 11.1 Å². The zero-order chi connectivity index (χ0) is 25.3. The Morgan fingerprint density at radius 2 is 1.46 bits per heavy atom. The lowest BCUT2D eigenvalue weighted by Crippen LogP contribution is -2.50. The summed E-state index contributed by atoms with van der Waals surface area (Å²) in [5.74, 6) is -0.352. The van der Waals surface area contributed by atoms with Crippen LogP contribution < -0.4 is 10.6 Å². The summed E-state index contributed by atoms with van der Waals surface area (Å²) in [7, 11) is 0. The molecule has 0 bridgehead atoms. The molecule has 1 heterocycles. The van der Waals surface area contributed by atoms with Gasteiger partial charge in [0.25, 0.3) is 0 Å². The summed E-state index contributed by atoms with van der Waals surface area (Å²) in [6.45, 7) is 6.39. The SMILES string of the molecule is CC1(C)NC(C(O)CNC(=O)Cc2ccccc2)C(=O)N1Cc1ccccc1.Cc1ccccc1. The third kappa shape index (κ3) is 7.77. The van der Waals surface area contributed by atoms with E-state index < -0.39 is 17.8 Å². The molecule has 184 valence electrons. The Balaban J connectivity index is 0.000000420. The zero-order valence-corrected chi connectivity index (χ0v) is 20.6. The van der Waals surface area contributed by atoms with Gasteiger partial charge in [0.15, 0.2) is 0 Å². The van der Waals surface area contributed by atoms with Crippen LogP contribution in [0.2, 0.25) is 0 Å². The summed E-state index contributed by atoms with van der Waals surface area (Å²) in [6.07, 6.45) is -0.766. The van der Waals surface area contributed by atoms with Gasteiger partial charge in [-0.25, -0.2) is 0 Å². The molecule has 35 heavy (non-hydrogen) atoms. The molecule has 2 atom stereocenters. The van der Waals surface area contributed by atoms with Crippen molar-refractivity contribution in [3.63, 3.8) is 0 Å². The number of aliphatic hydroxyl groups is 1. The van der Waals surface area contributed by atoms with Crippen LogP contribution in [0.5, 0.6) is 0 Å². The molecule has 1 aliphatic rings. The van der Waals surface area contributed by atoms with E-state index in [9.17, 15) is 14.7 Å². The first-order valence-corrected chi connectivity index (χ1v) is 11.9. The van der Waals surface area contributed by atoms with Crippen LogP contribution in [0.25, 0.3) is 0 Å². The van der Waals surface area contributed by atoms with Crippen molar-refractivity contribution in [1.29, 1.82) is 0 Å². The van der Waals surface area contributed by atoms with Crippen LogP contribution in [-0.4, -0.2) is 46.2 Å². The molecule has 0 aliphatic carbocycles. The molecule has 3 aromatic carbocycles. The highest BCUT2D eigenvalue weighted by Crippen LogP contribution is 2.25. The van der Waals surface area contributed by atoms with Gasteiger partial charge in [0.1, 0.15) is 6.04 Å². The van der Waals surface area contributed by atoms with Crippen LogP contribution in [-0.2, 0) is 22.6 Å². The summed E-state index contributed by atoms with van der Waals surface area (Å²) in [6, 6.07) is 28.7. The van der Waals surface area contributed by atoms with E-state index in [4.69, 9.17) is 0 Å². The molecule has 0 aromatic heterocycles. The molecular formula is C29H35N3O3. The van der Waals surface area contributed by atoms with Crippen molar-refractivity contribution < 1.29 is 14.7 Å². The fourth-order valence-electron chi connectivity index (χ4n) is 3.98. The number of aryl methyl sites for hydroxylation is 1. The van der Waals surface area contributed by atoms with Crippen molar-refractivity contribution in [3.8, 4) is 0 Å². The molecule has 0 spiro atoms. The number of hydrogen-bond donors (Lipinski definition) is 3. The first-order chi connectivity index (χ1) is 16.8. The van der Waals surface area contributed by atoms with E-state index in [1.807, 2.05) is 92.7 Å². The smallest absolute Gasteiger partial charge is 0.244 e. The average Bonchev–Trinajstić information content (AvgIpc) is 3.08. The third-order valence-corrected chi connectivity index (χ3v) is 5.94. The standard InChI is InChI=1S/C22H27N3O3.C7H8/c1-22(2)24-20(21(28)25(22)15-17-11-7-4-8-12-17)18(26)14-23-19(27)13-16-9-5-3-6-10-16;1-7-5-3-2-4-6-7/h3-12,18,20,24,26H,13-15H2,1-2H3,(H,23,27);2-6H,1H3.